The molecular formula is C15H13NO. The Kier molecular flexibility index (Phi) is 3.06. The third-order valence-corrected chi connectivity index (χ3v) is 2.63. The summed E-state index contributed by atoms with van der Waals surface area (Å²) in [6.45, 7) is 3.74. The number of nitrogens with two attached hydrogens (primary N) is 1. The topological polar surface area (TPSA) is 43.1 Å². The molecule has 17 heavy (non-hydrogen) atoms. The molecule has 2 nitrogen and oxygen atoms in total. The molecule has 0 saturated carbocycles. The number of rotatable bonds is 3. The maximum atomic E-state index is 11.0. The summed E-state index contributed by atoms with van der Waals surface area (Å²) in [5.41, 5.74) is 8.94. The minimum absolute atomic E-state index is 0.406. The van der Waals surface area contributed by atoms with Crippen LogP contribution in [0.15, 0.2) is 55.1 Å². The third kappa shape index (κ3) is 2.42. The second-order valence-corrected chi connectivity index (χ2v) is 3.77. The standard InChI is InChI=1S/C15H13NO/c1-2-11-4-3-5-14(10-11)12-6-8-13(9-7-12)15(16)17/h2-10H,1H2,(H2,16,17). The molecule has 0 radical (unpaired) electrons. The molecule has 0 bridgehead atoms. The van der Waals surface area contributed by atoms with Crippen LogP contribution in [0.5, 0.6) is 0 Å². The van der Waals surface area contributed by atoms with Gasteiger partial charge in [-0.1, -0.05) is 43.0 Å². The summed E-state index contributed by atoms with van der Waals surface area (Å²) in [6, 6.07) is 15.3. The Bertz CT molecular complexity index is 555. The Morgan fingerprint density at radius 1 is 1.06 bits per heavy atom. The predicted octanol–water partition coefficient (Wildman–Crippen LogP) is 3.10. The maximum Gasteiger partial charge on any atom is 0.248 e. The molecule has 0 spiro atoms. The van der Waals surface area contributed by atoms with Gasteiger partial charge in [0.05, 0.1) is 0 Å². The summed E-state index contributed by atoms with van der Waals surface area (Å²) in [6.07, 6.45) is 1.81. The fraction of sp³-hybridized carbons (Fsp3) is 0. The van der Waals surface area contributed by atoms with Gasteiger partial charge in [-0.3, -0.25) is 4.79 Å². The molecule has 0 fully saturated rings. The molecule has 0 aliphatic carbocycles. The van der Waals surface area contributed by atoms with Crippen molar-refractivity contribution in [3.05, 3.63) is 66.2 Å². The van der Waals surface area contributed by atoms with Crippen LogP contribution in [0.25, 0.3) is 17.2 Å². The maximum absolute atomic E-state index is 11.0. The van der Waals surface area contributed by atoms with Gasteiger partial charge in [0, 0.05) is 5.56 Å². The SMILES string of the molecule is C=Cc1cccc(-c2ccc(C(N)=O)cc2)c1. The molecule has 0 aliphatic heterocycles. The monoisotopic (exact) mass is 223 g/mol. The van der Waals surface area contributed by atoms with Gasteiger partial charge in [-0.05, 0) is 34.9 Å². The van der Waals surface area contributed by atoms with Crippen molar-refractivity contribution in [2.45, 2.75) is 0 Å². The van der Waals surface area contributed by atoms with Crippen LogP contribution in [-0.4, -0.2) is 5.91 Å². The van der Waals surface area contributed by atoms with Crippen LogP contribution in [0.2, 0.25) is 0 Å². The number of carbonyl (C=O) groups excluding carboxylic acids is 1. The first-order valence-electron chi connectivity index (χ1n) is 5.33. The van der Waals surface area contributed by atoms with E-state index in [2.05, 4.69) is 6.58 Å². The van der Waals surface area contributed by atoms with Gasteiger partial charge in [-0.2, -0.15) is 0 Å². The molecule has 0 heterocycles. The highest BCUT2D eigenvalue weighted by Crippen LogP contribution is 2.21. The molecule has 2 heteroatoms. The number of hydrogen-bond acceptors (Lipinski definition) is 1. The van der Waals surface area contributed by atoms with Crippen molar-refractivity contribution in [3.8, 4) is 11.1 Å². The Hall–Kier alpha value is -2.35. The molecule has 84 valence electrons. The Morgan fingerprint density at radius 3 is 2.35 bits per heavy atom. The van der Waals surface area contributed by atoms with E-state index in [1.54, 1.807) is 18.2 Å². The first-order valence-corrected chi connectivity index (χ1v) is 5.33. The molecule has 0 aliphatic rings. The number of primary amides is 1. The number of carbonyl (C=O) groups is 1. The van der Waals surface area contributed by atoms with Gasteiger partial charge in [-0.15, -0.1) is 0 Å². The van der Waals surface area contributed by atoms with Crippen LogP contribution in [0.1, 0.15) is 15.9 Å². The van der Waals surface area contributed by atoms with Crippen LogP contribution >= 0.6 is 0 Å². The molecule has 0 aromatic heterocycles. The quantitative estimate of drug-likeness (QED) is 0.853. The van der Waals surface area contributed by atoms with E-state index in [9.17, 15) is 4.79 Å². The second kappa shape index (κ2) is 4.66. The second-order valence-electron chi connectivity index (χ2n) is 3.77. The van der Waals surface area contributed by atoms with Crippen molar-refractivity contribution >= 4 is 12.0 Å². The van der Waals surface area contributed by atoms with Crippen LogP contribution in [0, 0.1) is 0 Å². The Labute approximate surface area is 100 Å². The van der Waals surface area contributed by atoms with Crippen LogP contribution < -0.4 is 5.73 Å². The summed E-state index contributed by atoms with van der Waals surface area (Å²) in [4.78, 5) is 11.0. The van der Waals surface area contributed by atoms with E-state index in [4.69, 9.17) is 5.73 Å². The lowest BCUT2D eigenvalue weighted by Gasteiger charge is -2.03. The lowest BCUT2D eigenvalue weighted by molar-refractivity contribution is 0.100. The molecule has 0 unspecified atom stereocenters. The zero-order chi connectivity index (χ0) is 12.3. The lowest BCUT2D eigenvalue weighted by atomic mass is 10.0. The van der Waals surface area contributed by atoms with Gasteiger partial charge in [0.1, 0.15) is 0 Å². The van der Waals surface area contributed by atoms with Crippen molar-refractivity contribution in [2.75, 3.05) is 0 Å². The van der Waals surface area contributed by atoms with Crippen molar-refractivity contribution in [1.82, 2.24) is 0 Å². The minimum atomic E-state index is -0.406. The molecule has 2 N–H and O–H groups in total. The summed E-state index contributed by atoms with van der Waals surface area (Å²) in [5, 5.41) is 0. The van der Waals surface area contributed by atoms with Gasteiger partial charge in [0.2, 0.25) is 5.91 Å². The smallest absolute Gasteiger partial charge is 0.248 e. The lowest BCUT2D eigenvalue weighted by Crippen LogP contribution is -2.10. The van der Waals surface area contributed by atoms with Crippen molar-refractivity contribution < 1.29 is 4.79 Å². The third-order valence-electron chi connectivity index (χ3n) is 2.63. The van der Waals surface area contributed by atoms with E-state index in [0.717, 1.165) is 16.7 Å². The summed E-state index contributed by atoms with van der Waals surface area (Å²) < 4.78 is 0. The van der Waals surface area contributed by atoms with Gasteiger partial charge in [0.25, 0.3) is 0 Å². The van der Waals surface area contributed by atoms with Gasteiger partial charge in [-0.25, -0.2) is 0 Å². The van der Waals surface area contributed by atoms with Crippen LogP contribution in [-0.2, 0) is 0 Å². The van der Waals surface area contributed by atoms with E-state index >= 15 is 0 Å². The molecular weight excluding hydrogens is 210 g/mol. The summed E-state index contributed by atoms with van der Waals surface area (Å²) in [7, 11) is 0. The Balaban J connectivity index is 2.39. The highest BCUT2D eigenvalue weighted by Gasteiger charge is 2.01. The molecule has 2 aromatic carbocycles. The van der Waals surface area contributed by atoms with E-state index in [1.165, 1.54) is 0 Å². The van der Waals surface area contributed by atoms with E-state index in [0.29, 0.717) is 5.56 Å². The largest absolute Gasteiger partial charge is 0.366 e. The first-order chi connectivity index (χ1) is 8.20. The molecule has 0 atom stereocenters. The van der Waals surface area contributed by atoms with Crippen molar-refractivity contribution in [2.24, 2.45) is 5.73 Å². The fourth-order valence-electron chi connectivity index (χ4n) is 1.67. The minimum Gasteiger partial charge on any atom is -0.366 e. The summed E-state index contributed by atoms with van der Waals surface area (Å²) in [5.74, 6) is -0.406. The average molecular weight is 223 g/mol. The number of benzene rings is 2. The number of hydrogen-bond donors (Lipinski definition) is 1. The van der Waals surface area contributed by atoms with Crippen LogP contribution in [0.3, 0.4) is 0 Å². The van der Waals surface area contributed by atoms with Crippen molar-refractivity contribution in [3.63, 3.8) is 0 Å². The zero-order valence-electron chi connectivity index (χ0n) is 9.39. The fourth-order valence-corrected chi connectivity index (χ4v) is 1.67. The van der Waals surface area contributed by atoms with E-state index < -0.39 is 5.91 Å². The first kappa shape index (κ1) is 11.1. The molecule has 2 rings (SSSR count). The zero-order valence-corrected chi connectivity index (χ0v) is 9.39. The normalized spacial score (nSPS) is 9.88. The Morgan fingerprint density at radius 2 is 1.76 bits per heavy atom. The van der Waals surface area contributed by atoms with E-state index in [-0.39, 0.29) is 0 Å². The molecule has 0 saturated heterocycles. The molecule has 1 amide bonds. The highest BCUT2D eigenvalue weighted by atomic mass is 16.1. The molecule has 2 aromatic rings. The van der Waals surface area contributed by atoms with E-state index in [1.807, 2.05) is 36.4 Å². The summed E-state index contributed by atoms with van der Waals surface area (Å²) >= 11 is 0. The number of amides is 1. The van der Waals surface area contributed by atoms with Gasteiger partial charge >= 0.3 is 0 Å². The van der Waals surface area contributed by atoms with Gasteiger partial charge < -0.3 is 5.73 Å². The average Bonchev–Trinajstić information content (AvgIpc) is 2.39. The van der Waals surface area contributed by atoms with Gasteiger partial charge in [0.15, 0.2) is 0 Å². The highest BCUT2D eigenvalue weighted by molar-refractivity contribution is 5.93. The predicted molar refractivity (Wildman–Crippen MR) is 70.5 cm³/mol. The van der Waals surface area contributed by atoms with Crippen molar-refractivity contribution in [1.29, 1.82) is 0 Å². The van der Waals surface area contributed by atoms with Crippen LogP contribution in [0.4, 0.5) is 0 Å².